The zero-order valence-corrected chi connectivity index (χ0v) is 14.5. The summed E-state index contributed by atoms with van der Waals surface area (Å²) in [6, 6.07) is 9.43. The Hall–Kier alpha value is -2.95. The lowest BCUT2D eigenvalue weighted by atomic mass is 10.1. The standard InChI is InChI=1S/C20H21N3O2/c1-3-23-13-17(19(24)16-6-4-5-14(2)18(16)23)20(25)22-12-9-15-7-10-21-11-8-15/h4-8,10-11,13H,3,9,12H2,1-2H3,(H,22,25). The van der Waals surface area contributed by atoms with Gasteiger partial charge in [0, 0.05) is 37.1 Å². The number of pyridine rings is 2. The third-order valence-corrected chi connectivity index (χ3v) is 4.33. The second-order valence-corrected chi connectivity index (χ2v) is 5.99. The second-order valence-electron chi connectivity index (χ2n) is 5.99. The molecule has 2 heterocycles. The van der Waals surface area contributed by atoms with E-state index in [0.717, 1.165) is 16.6 Å². The first-order valence-corrected chi connectivity index (χ1v) is 8.41. The van der Waals surface area contributed by atoms with Crippen molar-refractivity contribution in [2.24, 2.45) is 0 Å². The number of aryl methyl sites for hydroxylation is 2. The van der Waals surface area contributed by atoms with E-state index < -0.39 is 0 Å². The molecule has 0 aliphatic rings. The largest absolute Gasteiger partial charge is 0.352 e. The SMILES string of the molecule is CCn1cc(C(=O)NCCc2ccncc2)c(=O)c2cccc(C)c21. The van der Waals surface area contributed by atoms with E-state index in [1.165, 1.54) is 0 Å². The van der Waals surface area contributed by atoms with Crippen molar-refractivity contribution in [3.05, 3.63) is 75.8 Å². The number of nitrogens with one attached hydrogen (secondary N) is 1. The maximum Gasteiger partial charge on any atom is 0.256 e. The summed E-state index contributed by atoms with van der Waals surface area (Å²) in [5, 5.41) is 3.43. The number of hydrogen-bond acceptors (Lipinski definition) is 3. The molecule has 0 saturated carbocycles. The number of nitrogens with zero attached hydrogens (tertiary/aromatic N) is 2. The van der Waals surface area contributed by atoms with Crippen LogP contribution in [0.4, 0.5) is 0 Å². The van der Waals surface area contributed by atoms with Crippen LogP contribution in [0.25, 0.3) is 10.9 Å². The van der Waals surface area contributed by atoms with Crippen molar-refractivity contribution in [1.29, 1.82) is 0 Å². The van der Waals surface area contributed by atoms with Gasteiger partial charge in [-0.2, -0.15) is 0 Å². The number of amides is 1. The molecule has 5 nitrogen and oxygen atoms in total. The van der Waals surface area contributed by atoms with Crippen molar-refractivity contribution in [3.63, 3.8) is 0 Å². The van der Waals surface area contributed by atoms with Crippen LogP contribution in [0, 0.1) is 6.92 Å². The molecule has 3 aromatic rings. The highest BCUT2D eigenvalue weighted by Crippen LogP contribution is 2.16. The fourth-order valence-electron chi connectivity index (χ4n) is 3.02. The lowest BCUT2D eigenvalue weighted by Gasteiger charge is -2.13. The Balaban J connectivity index is 1.86. The van der Waals surface area contributed by atoms with Crippen molar-refractivity contribution < 1.29 is 4.79 Å². The van der Waals surface area contributed by atoms with E-state index in [1.807, 2.05) is 42.7 Å². The van der Waals surface area contributed by atoms with E-state index in [9.17, 15) is 9.59 Å². The number of aromatic nitrogens is 2. The maximum atomic E-state index is 12.7. The topological polar surface area (TPSA) is 64.0 Å². The van der Waals surface area contributed by atoms with Crippen LogP contribution in [0.2, 0.25) is 0 Å². The average Bonchev–Trinajstić information content (AvgIpc) is 2.63. The fourth-order valence-corrected chi connectivity index (χ4v) is 3.02. The molecule has 5 heteroatoms. The maximum absolute atomic E-state index is 12.7. The molecule has 3 rings (SSSR count). The van der Waals surface area contributed by atoms with E-state index in [-0.39, 0.29) is 16.9 Å². The first-order valence-electron chi connectivity index (χ1n) is 8.41. The third-order valence-electron chi connectivity index (χ3n) is 4.33. The molecule has 0 spiro atoms. The second kappa shape index (κ2) is 7.30. The zero-order valence-electron chi connectivity index (χ0n) is 14.5. The quantitative estimate of drug-likeness (QED) is 0.780. The summed E-state index contributed by atoms with van der Waals surface area (Å²) < 4.78 is 1.96. The van der Waals surface area contributed by atoms with E-state index in [2.05, 4.69) is 10.3 Å². The molecular formula is C20H21N3O2. The van der Waals surface area contributed by atoms with Gasteiger partial charge in [-0.05, 0) is 49.6 Å². The summed E-state index contributed by atoms with van der Waals surface area (Å²) in [5.41, 5.74) is 2.99. The van der Waals surface area contributed by atoms with Crippen molar-refractivity contribution in [1.82, 2.24) is 14.9 Å². The Labute approximate surface area is 146 Å². The molecule has 0 unspecified atom stereocenters. The Kier molecular flexibility index (Phi) is 4.93. The number of benzene rings is 1. The molecule has 0 atom stereocenters. The predicted molar refractivity (Wildman–Crippen MR) is 98.9 cm³/mol. The number of carbonyl (C=O) groups is 1. The minimum atomic E-state index is -0.329. The third kappa shape index (κ3) is 3.45. The fraction of sp³-hybridized carbons (Fsp3) is 0.250. The predicted octanol–water partition coefficient (Wildman–Crippen LogP) is 2.70. The number of fused-ring (bicyclic) bond motifs is 1. The summed E-state index contributed by atoms with van der Waals surface area (Å²) in [7, 11) is 0. The Morgan fingerprint density at radius 1 is 1.20 bits per heavy atom. The van der Waals surface area contributed by atoms with Crippen LogP contribution in [0.1, 0.15) is 28.4 Å². The molecule has 1 aromatic carbocycles. The Bertz CT molecular complexity index is 962. The van der Waals surface area contributed by atoms with E-state index >= 15 is 0 Å². The first-order chi connectivity index (χ1) is 12.1. The van der Waals surface area contributed by atoms with Crippen molar-refractivity contribution >= 4 is 16.8 Å². The van der Waals surface area contributed by atoms with Crippen LogP contribution in [-0.4, -0.2) is 22.0 Å². The van der Waals surface area contributed by atoms with Gasteiger partial charge < -0.3 is 9.88 Å². The van der Waals surface area contributed by atoms with Gasteiger partial charge in [0.15, 0.2) is 0 Å². The lowest BCUT2D eigenvalue weighted by molar-refractivity contribution is 0.0952. The monoisotopic (exact) mass is 335 g/mol. The molecule has 0 fully saturated rings. The van der Waals surface area contributed by atoms with E-state index in [0.29, 0.717) is 24.9 Å². The van der Waals surface area contributed by atoms with Gasteiger partial charge in [-0.15, -0.1) is 0 Å². The minimum Gasteiger partial charge on any atom is -0.352 e. The minimum absolute atomic E-state index is 0.190. The van der Waals surface area contributed by atoms with Crippen molar-refractivity contribution in [3.8, 4) is 0 Å². The molecular weight excluding hydrogens is 314 g/mol. The molecule has 0 bridgehead atoms. The van der Waals surface area contributed by atoms with E-state index in [1.54, 1.807) is 24.7 Å². The van der Waals surface area contributed by atoms with E-state index in [4.69, 9.17) is 0 Å². The van der Waals surface area contributed by atoms with Gasteiger partial charge in [-0.25, -0.2) is 0 Å². The summed E-state index contributed by atoms with van der Waals surface area (Å²) in [6.07, 6.45) is 5.81. The molecule has 0 aliphatic heterocycles. The molecule has 1 amide bonds. The van der Waals surface area contributed by atoms with Crippen LogP contribution in [-0.2, 0) is 13.0 Å². The number of para-hydroxylation sites is 1. The van der Waals surface area contributed by atoms with Gasteiger partial charge in [0.2, 0.25) is 5.43 Å². The number of hydrogen-bond donors (Lipinski definition) is 1. The Morgan fingerprint density at radius 3 is 2.68 bits per heavy atom. The molecule has 0 aliphatic carbocycles. The van der Waals surface area contributed by atoms with Gasteiger partial charge in [0.05, 0.1) is 5.52 Å². The lowest BCUT2D eigenvalue weighted by Crippen LogP contribution is -2.31. The molecule has 0 radical (unpaired) electrons. The summed E-state index contributed by atoms with van der Waals surface area (Å²) in [5.74, 6) is -0.329. The normalized spacial score (nSPS) is 10.8. The van der Waals surface area contributed by atoms with Gasteiger partial charge in [-0.3, -0.25) is 14.6 Å². The number of rotatable bonds is 5. The van der Waals surface area contributed by atoms with Gasteiger partial charge in [0.1, 0.15) is 5.56 Å². The Morgan fingerprint density at radius 2 is 1.96 bits per heavy atom. The van der Waals surface area contributed by atoms with Gasteiger partial charge in [0.25, 0.3) is 5.91 Å². The van der Waals surface area contributed by atoms with Crippen LogP contribution in [0.5, 0.6) is 0 Å². The van der Waals surface area contributed by atoms with Gasteiger partial charge in [-0.1, -0.05) is 12.1 Å². The summed E-state index contributed by atoms with van der Waals surface area (Å²) in [4.78, 5) is 29.2. The summed E-state index contributed by atoms with van der Waals surface area (Å²) >= 11 is 0. The highest BCUT2D eigenvalue weighted by molar-refractivity contribution is 5.97. The van der Waals surface area contributed by atoms with Crippen LogP contribution < -0.4 is 10.7 Å². The average molecular weight is 335 g/mol. The van der Waals surface area contributed by atoms with Crippen LogP contribution >= 0.6 is 0 Å². The van der Waals surface area contributed by atoms with Crippen LogP contribution in [0.15, 0.2) is 53.7 Å². The molecule has 2 aromatic heterocycles. The smallest absolute Gasteiger partial charge is 0.256 e. The van der Waals surface area contributed by atoms with Crippen LogP contribution in [0.3, 0.4) is 0 Å². The molecule has 1 N–H and O–H groups in total. The van der Waals surface area contributed by atoms with Crippen molar-refractivity contribution in [2.45, 2.75) is 26.8 Å². The number of carbonyl (C=O) groups excluding carboxylic acids is 1. The molecule has 0 saturated heterocycles. The molecule has 25 heavy (non-hydrogen) atoms. The highest BCUT2D eigenvalue weighted by atomic mass is 16.2. The first kappa shape index (κ1) is 16.9. The van der Waals surface area contributed by atoms with Crippen molar-refractivity contribution in [2.75, 3.05) is 6.54 Å². The van der Waals surface area contributed by atoms with Gasteiger partial charge >= 0.3 is 0 Å². The molecule has 128 valence electrons. The highest BCUT2D eigenvalue weighted by Gasteiger charge is 2.15. The summed E-state index contributed by atoms with van der Waals surface area (Å²) in [6.45, 7) is 5.14. The zero-order chi connectivity index (χ0) is 17.8.